The molecule has 0 aliphatic carbocycles. The lowest BCUT2D eigenvalue weighted by Gasteiger charge is -2.31. The normalized spacial score (nSPS) is 17.2. The molecule has 4 fully saturated rings. The van der Waals surface area contributed by atoms with Crippen molar-refractivity contribution in [3.8, 4) is 5.82 Å². The number of nitrogens with one attached hydrogen (secondary N) is 3. The van der Waals surface area contributed by atoms with Crippen molar-refractivity contribution in [3.05, 3.63) is 179 Å². The van der Waals surface area contributed by atoms with E-state index in [1.807, 2.05) is 77.2 Å². The summed E-state index contributed by atoms with van der Waals surface area (Å²) in [7, 11) is -1.73. The summed E-state index contributed by atoms with van der Waals surface area (Å²) < 4.78 is 67.9. The van der Waals surface area contributed by atoms with E-state index >= 15 is 0 Å². The third-order valence-corrected chi connectivity index (χ3v) is 17.3. The van der Waals surface area contributed by atoms with Gasteiger partial charge in [-0.15, -0.1) is 48.6 Å². The largest absolute Gasteiger partial charge is 0.397 e. The Labute approximate surface area is 618 Å². The zero-order valence-electron chi connectivity index (χ0n) is 58.3. The molecule has 8 aromatic rings. The zero-order chi connectivity index (χ0) is 70.4. The van der Waals surface area contributed by atoms with Gasteiger partial charge >= 0.3 is 0 Å². The van der Waals surface area contributed by atoms with E-state index in [1.54, 1.807) is 62.1 Å². The molecule has 0 radical (unpaired) electrons. The Morgan fingerprint density at radius 3 is 1.75 bits per heavy atom. The smallest absolute Gasteiger partial charge is 0.261 e. The van der Waals surface area contributed by atoms with Gasteiger partial charge in [-0.1, -0.05) is 109 Å². The second-order valence-electron chi connectivity index (χ2n) is 23.2. The fourth-order valence-electron chi connectivity index (χ4n) is 9.40. The highest BCUT2D eigenvalue weighted by Gasteiger charge is 2.24. The van der Waals surface area contributed by atoms with Gasteiger partial charge < -0.3 is 60.2 Å². The van der Waals surface area contributed by atoms with Crippen LogP contribution >= 0.6 is 59.2 Å². The van der Waals surface area contributed by atoms with Crippen molar-refractivity contribution in [2.75, 3.05) is 122 Å². The summed E-state index contributed by atoms with van der Waals surface area (Å²) in [6.45, 7) is 27.5. The maximum Gasteiger partial charge on any atom is 0.261 e. The molecule has 4 aliphatic heterocycles. The zero-order valence-corrected chi connectivity index (χ0v) is 63.9. The van der Waals surface area contributed by atoms with Crippen LogP contribution in [0.4, 0.5) is 17.5 Å². The van der Waals surface area contributed by atoms with Crippen LogP contribution in [0.2, 0.25) is 0 Å². The Bertz CT molecular complexity index is 3620. The molecule has 12 rings (SSSR count). The minimum absolute atomic E-state index is 0. The van der Waals surface area contributed by atoms with Crippen LogP contribution in [0.1, 0.15) is 63.8 Å². The Morgan fingerprint density at radius 2 is 1.27 bits per heavy atom. The Morgan fingerprint density at radius 1 is 0.710 bits per heavy atom. The summed E-state index contributed by atoms with van der Waals surface area (Å²) in [6.07, 6.45) is 3.97. The number of nitrogens with zero attached hydrogens (tertiary/aromatic N) is 8. The summed E-state index contributed by atoms with van der Waals surface area (Å²) in [5.74, 6) is 1.84. The van der Waals surface area contributed by atoms with Gasteiger partial charge in [0.2, 0.25) is 5.95 Å². The number of imidazole rings is 1. The topological polar surface area (TPSA) is 292 Å². The van der Waals surface area contributed by atoms with Crippen LogP contribution in [-0.2, 0) is 57.5 Å². The number of ether oxygens (including phenoxy) is 4. The number of hydrogen-bond acceptors (Lipinski definition) is 23. The van der Waals surface area contributed by atoms with E-state index in [-0.39, 0.29) is 79.0 Å². The molecule has 0 saturated carbocycles. The fourth-order valence-corrected chi connectivity index (χ4v) is 11.3. The minimum Gasteiger partial charge on any atom is -0.397 e. The highest BCUT2D eigenvalue weighted by Crippen LogP contribution is 2.29. The SMILES string of the molecule is CCO.C[C@@H](O)CN(CCO)Cc1ccccc1.C[C@@H]1CN(Cc2ccccc2)CCO1.C[C@@H]1CN(c2nc(Nc3ccc(S(C)(=O)=O)cc3)c3ncn(-c4cscn4)c3n2)CCO1.C[C@@H]1CNCCO1.C[C@@H]1CO1.Cc1ccc(S(=O)(=O)Cl)cc1.Cl.Cl.Cl.OCCNCc1ccccc1. The number of benzene rings is 5. The second-order valence-corrected chi connectivity index (χ2v) is 28.5. The van der Waals surface area contributed by atoms with E-state index in [9.17, 15) is 21.9 Å². The van der Waals surface area contributed by atoms with Crippen LogP contribution in [0.25, 0.3) is 17.0 Å². The van der Waals surface area contributed by atoms with E-state index in [0.29, 0.717) is 86.3 Å². The van der Waals surface area contributed by atoms with Crippen molar-refractivity contribution in [1.29, 1.82) is 0 Å². The number of aromatic nitrogens is 5. The van der Waals surface area contributed by atoms with E-state index in [2.05, 4.69) is 99.0 Å². The predicted octanol–water partition coefficient (Wildman–Crippen LogP) is 9.77. The van der Waals surface area contributed by atoms with Crippen molar-refractivity contribution >= 4 is 107 Å². The molecule has 30 heteroatoms. The molecule has 556 valence electrons. The Hall–Kier alpha value is -5.54. The number of thiazole rings is 1. The Kier molecular flexibility index (Phi) is 45.2. The number of sulfone groups is 1. The highest BCUT2D eigenvalue weighted by molar-refractivity contribution is 8.13. The van der Waals surface area contributed by atoms with Crippen LogP contribution in [0, 0.1) is 6.92 Å². The van der Waals surface area contributed by atoms with Gasteiger partial charge in [0.05, 0.1) is 85.5 Å². The maximum absolute atomic E-state index is 11.8. The first kappa shape index (κ1) is 90.5. The number of aryl methyl sites for hydroxylation is 1. The molecule has 5 atom stereocenters. The van der Waals surface area contributed by atoms with Crippen molar-refractivity contribution in [2.24, 2.45) is 0 Å². The third kappa shape index (κ3) is 36.6. The molecular formula is C70H103Cl4N11O12S3. The van der Waals surface area contributed by atoms with Crippen molar-refractivity contribution in [2.45, 2.75) is 108 Å². The molecule has 5 aromatic carbocycles. The summed E-state index contributed by atoms with van der Waals surface area (Å²) in [6, 6.07) is 43.7. The van der Waals surface area contributed by atoms with Gasteiger partial charge in [0, 0.05) is 113 Å². The summed E-state index contributed by atoms with van der Waals surface area (Å²) in [5, 5.41) is 45.8. The lowest BCUT2D eigenvalue weighted by molar-refractivity contribution is -0.0212. The molecule has 0 spiro atoms. The van der Waals surface area contributed by atoms with Gasteiger partial charge in [0.25, 0.3) is 9.05 Å². The van der Waals surface area contributed by atoms with E-state index in [0.717, 1.165) is 77.0 Å². The van der Waals surface area contributed by atoms with Gasteiger partial charge in [-0.3, -0.25) is 14.4 Å². The number of hydrogen-bond donors (Lipinski definition) is 7. The minimum atomic E-state index is -3.55. The van der Waals surface area contributed by atoms with E-state index in [4.69, 9.17) is 54.9 Å². The Balaban J connectivity index is 0.000000426. The number of fused-ring (bicyclic) bond motifs is 1. The molecule has 100 heavy (non-hydrogen) atoms. The number of rotatable bonds is 18. The van der Waals surface area contributed by atoms with Crippen LogP contribution in [-0.4, -0.2) is 213 Å². The first-order valence-electron chi connectivity index (χ1n) is 32.5. The van der Waals surface area contributed by atoms with Crippen molar-refractivity contribution in [3.63, 3.8) is 0 Å². The molecule has 7 N–H and O–H groups in total. The first-order valence-corrected chi connectivity index (χ1v) is 37.6. The summed E-state index contributed by atoms with van der Waals surface area (Å²) in [4.78, 5) is 25.4. The number of aliphatic hydroxyl groups is 4. The maximum atomic E-state index is 11.8. The summed E-state index contributed by atoms with van der Waals surface area (Å²) >= 11 is 1.49. The van der Waals surface area contributed by atoms with Crippen molar-refractivity contribution < 1.29 is 56.2 Å². The lowest BCUT2D eigenvalue weighted by atomic mass is 10.2. The van der Waals surface area contributed by atoms with Crippen LogP contribution in [0.5, 0.6) is 0 Å². The van der Waals surface area contributed by atoms with Gasteiger partial charge in [0.15, 0.2) is 32.6 Å². The van der Waals surface area contributed by atoms with Crippen LogP contribution in [0.15, 0.2) is 167 Å². The first-order chi connectivity index (χ1) is 46.6. The number of morpholine rings is 3. The highest BCUT2D eigenvalue weighted by atomic mass is 35.7. The van der Waals surface area contributed by atoms with E-state index in [1.165, 1.54) is 46.4 Å². The number of halogens is 4. The number of anilines is 3. The standard InChI is InChI=1S/C20H21N7O3S2.C12H19NO2.C12H17NO.C9H13NO.C7H7ClO2S.C5H11NO.C3H6O.C2H6O.3ClH/c1-13-9-26(7-8-30-13)20-24-18(23-14-3-5-15(6-4-14)32(2,28)29)17-19(25-20)27(11-21-17)16-10-31-12-22-16;1-11(15)9-13(7-8-14)10-12-5-3-2-4-6-12;1-11-9-13(7-8-14-11)10-12-5-3-2-4-6-12;11-7-6-10-8-9-4-2-1-3-5-9;1-6-2-4-7(5-3-6)11(8,9)10;1-5-4-6-2-3-7-5;1-3-2-4-3;1-2-3;;;/h3-6,10-13H,7-9H2,1-2H3,(H,23,24,25);2-6,11,14-15H,7-10H2,1H3;2-6,11H,7-10H2,1H3;1-5,10-11H,6-8H2;2-5H,1H3;5-6H,2-4H2,1H3;3H,2H2,1H3;3H,2H2,1H3;3*1H/t13-;2*11-;;;5-;3-;;;;/m111..11..../s1. The molecule has 4 saturated heterocycles. The van der Waals surface area contributed by atoms with Gasteiger partial charge in [-0.05, 0) is 102 Å². The van der Waals surface area contributed by atoms with Gasteiger partial charge in [-0.25, -0.2) is 26.8 Å². The van der Waals surface area contributed by atoms with Crippen molar-refractivity contribution in [1.82, 2.24) is 44.9 Å². The number of epoxide rings is 1. The second kappa shape index (κ2) is 50.0. The summed E-state index contributed by atoms with van der Waals surface area (Å²) in [5.41, 5.74) is 8.53. The average Bonchev–Trinajstić information content (AvgIpc) is 1.65. The molecule has 0 bridgehead atoms. The van der Waals surface area contributed by atoms with Gasteiger partial charge in [0.1, 0.15) is 6.33 Å². The molecule has 4 aliphatic rings. The molecule has 0 amide bonds. The molecule has 7 heterocycles. The number of aliphatic hydroxyl groups excluding tert-OH is 4. The fraction of sp³-hybridized carbons (Fsp3) is 0.457. The van der Waals surface area contributed by atoms with Gasteiger partial charge in [-0.2, -0.15) is 9.97 Å². The molecule has 23 nitrogen and oxygen atoms in total. The van der Waals surface area contributed by atoms with Crippen LogP contribution < -0.4 is 20.9 Å². The predicted molar refractivity (Wildman–Crippen MR) is 408 cm³/mol. The third-order valence-electron chi connectivity index (χ3n) is 14.3. The quantitative estimate of drug-likeness (QED) is 0.0239. The van der Waals surface area contributed by atoms with Crippen LogP contribution in [0.3, 0.4) is 0 Å². The monoisotopic (exact) mass is 1530 g/mol. The molecule has 3 aromatic heterocycles. The average molecular weight is 1530 g/mol. The molecular weight excluding hydrogens is 1420 g/mol. The molecule has 0 unspecified atom stereocenters. The lowest BCUT2D eigenvalue weighted by Crippen LogP contribution is -2.42. The van der Waals surface area contributed by atoms with E-state index < -0.39 is 18.9 Å².